The van der Waals surface area contributed by atoms with Crippen LogP contribution in [0.1, 0.15) is 12.8 Å². The van der Waals surface area contributed by atoms with Crippen molar-refractivity contribution >= 4 is 0 Å². The highest BCUT2D eigenvalue weighted by Crippen LogP contribution is 1.95. The second kappa shape index (κ2) is 5.40. The molecule has 0 radical (unpaired) electrons. The van der Waals surface area contributed by atoms with Crippen molar-refractivity contribution in [3.63, 3.8) is 0 Å². The molecule has 1 heteroatoms. The Morgan fingerprint density at radius 2 is 2.56 bits per heavy atom. The van der Waals surface area contributed by atoms with Gasteiger partial charge in [-0.05, 0) is 13.5 Å². The van der Waals surface area contributed by atoms with Gasteiger partial charge in [-0.25, -0.2) is 0 Å². The van der Waals surface area contributed by atoms with Crippen LogP contribution in [0.5, 0.6) is 0 Å². The van der Waals surface area contributed by atoms with Crippen LogP contribution < -0.4 is 5.32 Å². The summed E-state index contributed by atoms with van der Waals surface area (Å²) in [4.78, 5) is 0. The van der Waals surface area contributed by atoms with Crippen molar-refractivity contribution in [1.29, 1.82) is 0 Å². The van der Waals surface area contributed by atoms with Gasteiger partial charge in [0.1, 0.15) is 0 Å². The molecule has 1 nitrogen and oxygen atoms in total. The van der Waals surface area contributed by atoms with Crippen LogP contribution in [0.25, 0.3) is 0 Å². The lowest BCUT2D eigenvalue weighted by molar-refractivity contribution is 0.583. The first-order chi connectivity index (χ1) is 4.35. The van der Waals surface area contributed by atoms with Crippen LogP contribution in [0, 0.1) is 12.3 Å². The van der Waals surface area contributed by atoms with E-state index in [2.05, 4.69) is 17.8 Å². The first-order valence-electron chi connectivity index (χ1n) is 3.06. The summed E-state index contributed by atoms with van der Waals surface area (Å²) in [6.07, 6.45) is 8.71. The molecule has 1 N–H and O–H groups in total. The van der Waals surface area contributed by atoms with Gasteiger partial charge in [0.05, 0.1) is 0 Å². The molecular weight excluding hydrogens is 110 g/mol. The summed E-state index contributed by atoms with van der Waals surface area (Å²) in [5, 5.41) is 3.09. The predicted octanol–water partition coefficient (Wildman–Crippen LogP) is 1.17. The summed E-state index contributed by atoms with van der Waals surface area (Å²) in [6.45, 7) is 3.62. The lowest BCUT2D eigenvalue weighted by Crippen LogP contribution is -2.23. The second-order valence-electron chi connectivity index (χ2n) is 1.92. The molecule has 0 heterocycles. The largest absolute Gasteiger partial charge is 0.316 e. The average molecular weight is 123 g/mol. The molecule has 0 aliphatic rings. The Hall–Kier alpha value is -0.740. The molecule has 0 aliphatic heterocycles. The minimum Gasteiger partial charge on any atom is -0.316 e. The van der Waals surface area contributed by atoms with E-state index in [-0.39, 0.29) is 0 Å². The summed E-state index contributed by atoms with van der Waals surface area (Å²) in [7, 11) is 1.91. The second-order valence-corrected chi connectivity index (χ2v) is 1.92. The fourth-order valence-corrected chi connectivity index (χ4v) is 0.647. The highest BCUT2D eigenvalue weighted by molar-refractivity contribution is 4.91. The lowest BCUT2D eigenvalue weighted by Gasteiger charge is -2.08. The quantitative estimate of drug-likeness (QED) is 0.437. The van der Waals surface area contributed by atoms with Gasteiger partial charge in [0, 0.05) is 12.5 Å². The Balaban J connectivity index is 3.43. The molecule has 0 rings (SSSR count). The van der Waals surface area contributed by atoms with E-state index in [4.69, 9.17) is 6.42 Å². The molecule has 1 unspecified atom stereocenters. The molecule has 0 bridgehead atoms. The summed E-state index contributed by atoms with van der Waals surface area (Å²) in [5.74, 6) is 2.59. The van der Waals surface area contributed by atoms with E-state index in [1.165, 1.54) is 0 Å². The number of hydrogen-bond donors (Lipinski definition) is 1. The fourth-order valence-electron chi connectivity index (χ4n) is 0.647. The number of rotatable bonds is 4. The molecule has 0 amide bonds. The summed E-state index contributed by atoms with van der Waals surface area (Å²) >= 11 is 0. The molecule has 50 valence electrons. The Kier molecular flexibility index (Phi) is 4.95. The average Bonchev–Trinajstić information content (AvgIpc) is 1.88. The van der Waals surface area contributed by atoms with Crippen molar-refractivity contribution in [2.45, 2.75) is 18.9 Å². The zero-order valence-electron chi connectivity index (χ0n) is 5.85. The smallest absolute Gasteiger partial charge is 0.0243 e. The van der Waals surface area contributed by atoms with Gasteiger partial charge >= 0.3 is 0 Å². The van der Waals surface area contributed by atoms with E-state index in [0.29, 0.717) is 6.04 Å². The van der Waals surface area contributed by atoms with Crippen molar-refractivity contribution < 1.29 is 0 Å². The van der Waals surface area contributed by atoms with E-state index in [1.807, 2.05) is 13.1 Å². The minimum absolute atomic E-state index is 0.410. The third-order valence-corrected chi connectivity index (χ3v) is 1.22. The standard InChI is InChI=1S/C8H13N/c1-4-6-8(9-3)7-5-2/h1,5,8-9H,2,6-7H2,3H3. The van der Waals surface area contributed by atoms with Crippen LogP contribution in [0.3, 0.4) is 0 Å². The topological polar surface area (TPSA) is 12.0 Å². The molecule has 0 saturated heterocycles. The zero-order valence-corrected chi connectivity index (χ0v) is 5.85. The molecular formula is C8H13N. The first kappa shape index (κ1) is 8.26. The van der Waals surface area contributed by atoms with Gasteiger partial charge in [-0.15, -0.1) is 18.9 Å². The van der Waals surface area contributed by atoms with E-state index in [0.717, 1.165) is 12.8 Å². The Morgan fingerprint density at radius 1 is 1.89 bits per heavy atom. The fraction of sp³-hybridized carbons (Fsp3) is 0.500. The monoisotopic (exact) mass is 123 g/mol. The first-order valence-corrected chi connectivity index (χ1v) is 3.06. The highest BCUT2D eigenvalue weighted by atomic mass is 14.9. The molecule has 0 saturated carbocycles. The van der Waals surface area contributed by atoms with Crippen molar-refractivity contribution in [3.05, 3.63) is 12.7 Å². The SMILES string of the molecule is C#CCC(CC=C)NC. The number of terminal acetylenes is 1. The molecule has 0 aromatic rings. The third kappa shape index (κ3) is 3.81. The van der Waals surface area contributed by atoms with Crippen molar-refractivity contribution in [1.82, 2.24) is 5.32 Å². The van der Waals surface area contributed by atoms with Crippen molar-refractivity contribution in [3.8, 4) is 12.3 Å². The maximum atomic E-state index is 5.11. The van der Waals surface area contributed by atoms with E-state index >= 15 is 0 Å². The van der Waals surface area contributed by atoms with Gasteiger partial charge in [-0.2, -0.15) is 0 Å². The number of hydrogen-bond acceptors (Lipinski definition) is 1. The molecule has 9 heavy (non-hydrogen) atoms. The van der Waals surface area contributed by atoms with Crippen molar-refractivity contribution in [2.24, 2.45) is 0 Å². The van der Waals surface area contributed by atoms with E-state index in [1.54, 1.807) is 0 Å². The molecule has 0 aliphatic carbocycles. The summed E-state index contributed by atoms with van der Waals surface area (Å²) < 4.78 is 0. The van der Waals surface area contributed by atoms with Gasteiger partial charge in [0.2, 0.25) is 0 Å². The highest BCUT2D eigenvalue weighted by Gasteiger charge is 1.98. The normalized spacial score (nSPS) is 12.0. The van der Waals surface area contributed by atoms with Gasteiger partial charge < -0.3 is 5.32 Å². The molecule has 1 atom stereocenters. The third-order valence-electron chi connectivity index (χ3n) is 1.22. The van der Waals surface area contributed by atoms with Gasteiger partial charge in [0.25, 0.3) is 0 Å². The van der Waals surface area contributed by atoms with Crippen LogP contribution in [0.2, 0.25) is 0 Å². The Bertz CT molecular complexity index is 110. The number of nitrogens with one attached hydrogen (secondary N) is 1. The Morgan fingerprint density at radius 3 is 2.89 bits per heavy atom. The van der Waals surface area contributed by atoms with Crippen molar-refractivity contribution in [2.75, 3.05) is 7.05 Å². The summed E-state index contributed by atoms with van der Waals surface area (Å²) in [6, 6.07) is 0.410. The van der Waals surface area contributed by atoms with Crippen LogP contribution in [0.15, 0.2) is 12.7 Å². The van der Waals surface area contributed by atoms with E-state index in [9.17, 15) is 0 Å². The van der Waals surface area contributed by atoms with Gasteiger partial charge in [-0.1, -0.05) is 6.08 Å². The maximum Gasteiger partial charge on any atom is 0.0243 e. The van der Waals surface area contributed by atoms with Gasteiger partial charge in [-0.3, -0.25) is 0 Å². The lowest BCUT2D eigenvalue weighted by atomic mass is 10.1. The maximum absolute atomic E-state index is 5.11. The molecule has 0 fully saturated rings. The van der Waals surface area contributed by atoms with Crippen LogP contribution in [-0.2, 0) is 0 Å². The van der Waals surface area contributed by atoms with E-state index < -0.39 is 0 Å². The zero-order chi connectivity index (χ0) is 7.11. The molecule has 0 aromatic carbocycles. The Labute approximate surface area is 57.2 Å². The van der Waals surface area contributed by atoms with Gasteiger partial charge in [0.15, 0.2) is 0 Å². The van der Waals surface area contributed by atoms with Crippen LogP contribution >= 0.6 is 0 Å². The molecule has 0 spiro atoms. The van der Waals surface area contributed by atoms with Crippen LogP contribution in [0.4, 0.5) is 0 Å². The molecule has 0 aromatic heterocycles. The van der Waals surface area contributed by atoms with Crippen LogP contribution in [-0.4, -0.2) is 13.1 Å². The summed E-state index contributed by atoms with van der Waals surface area (Å²) in [5.41, 5.74) is 0. The minimum atomic E-state index is 0.410. The predicted molar refractivity (Wildman–Crippen MR) is 41.1 cm³/mol.